The molecule has 0 aromatic heterocycles. The number of carboxylic acids is 1. The summed E-state index contributed by atoms with van der Waals surface area (Å²) in [5.74, 6) is -1.37. The zero-order chi connectivity index (χ0) is 25.2. The van der Waals surface area contributed by atoms with Crippen molar-refractivity contribution in [1.82, 2.24) is 16.0 Å². The van der Waals surface area contributed by atoms with Crippen LogP contribution in [0.2, 0.25) is 0 Å². The normalized spacial score (nSPS) is 24.1. The number of amides is 3. The zero-order valence-corrected chi connectivity index (χ0v) is 21.4. The molecule has 1 aliphatic rings. The van der Waals surface area contributed by atoms with Crippen LogP contribution >= 0.6 is 0 Å². The van der Waals surface area contributed by atoms with Crippen LogP contribution in [0.4, 0.5) is 14.4 Å². The van der Waals surface area contributed by atoms with Gasteiger partial charge in [-0.25, -0.2) is 14.4 Å². The van der Waals surface area contributed by atoms with Crippen LogP contribution in [0.15, 0.2) is 0 Å². The van der Waals surface area contributed by atoms with Gasteiger partial charge in [0.25, 0.3) is 0 Å². The van der Waals surface area contributed by atoms with E-state index in [4.69, 9.17) is 18.9 Å². The van der Waals surface area contributed by atoms with Crippen LogP contribution < -0.4 is 50.6 Å². The first kappa shape index (κ1) is 32.1. The summed E-state index contributed by atoms with van der Waals surface area (Å²) in [7, 11) is 0. The Balaban J connectivity index is 0.0000109. The minimum absolute atomic E-state index is 0. The van der Waals surface area contributed by atoms with Crippen molar-refractivity contribution in [2.24, 2.45) is 0 Å². The summed E-state index contributed by atoms with van der Waals surface area (Å²) < 4.78 is 19.6. The van der Waals surface area contributed by atoms with Gasteiger partial charge >= 0.3 is 47.8 Å². The molecular weight excluding hydrogens is 473 g/mol. The molecule has 0 unspecified atom stereocenters. The van der Waals surface area contributed by atoms with Crippen molar-refractivity contribution >= 4 is 24.2 Å². The van der Waals surface area contributed by atoms with E-state index in [0.29, 0.717) is 0 Å². The number of aliphatic hydroxyl groups is 3. The van der Waals surface area contributed by atoms with E-state index in [-0.39, 0.29) is 49.2 Å². The quantitative estimate of drug-likeness (QED) is 0.0982. The van der Waals surface area contributed by atoms with E-state index < -0.39 is 73.6 Å². The molecule has 0 saturated carbocycles. The second-order valence-electron chi connectivity index (χ2n) is 7.92. The molecule has 0 radical (unpaired) electrons. The average molecular weight is 503 g/mol. The number of carbonyl (C=O) groups is 4. The fraction of sp³-hybridized carbons (Fsp3) is 0.778. The van der Waals surface area contributed by atoms with Crippen LogP contribution in [0, 0.1) is 0 Å². The molecule has 1 heterocycles. The van der Waals surface area contributed by atoms with Crippen molar-refractivity contribution in [1.29, 1.82) is 0 Å². The van der Waals surface area contributed by atoms with Crippen LogP contribution in [0.1, 0.15) is 27.2 Å². The fourth-order valence-corrected chi connectivity index (χ4v) is 2.47. The molecule has 0 spiro atoms. The van der Waals surface area contributed by atoms with Gasteiger partial charge < -0.3 is 60.1 Å². The summed E-state index contributed by atoms with van der Waals surface area (Å²) in [5, 5.41) is 47.3. The van der Waals surface area contributed by atoms with E-state index in [9.17, 15) is 39.6 Å². The average Bonchev–Trinajstić information content (AvgIpc) is 2.68. The first-order valence-electron chi connectivity index (χ1n) is 10.0. The number of carboxylic acid groups (broad SMARTS) is 1. The van der Waals surface area contributed by atoms with Crippen molar-refractivity contribution in [2.75, 3.05) is 26.2 Å². The summed E-state index contributed by atoms with van der Waals surface area (Å²) in [4.78, 5) is 45.1. The molecular formula is C18H30N3NaO12. The van der Waals surface area contributed by atoms with Crippen molar-refractivity contribution in [3.05, 3.63) is 0 Å². The first-order valence-corrected chi connectivity index (χ1v) is 10.0. The Hall–Kier alpha value is -1.88. The van der Waals surface area contributed by atoms with Gasteiger partial charge in [-0.05, 0) is 20.8 Å². The number of ether oxygens (including phenoxy) is 4. The summed E-state index contributed by atoms with van der Waals surface area (Å²) in [5.41, 5.74) is -0.685. The molecule has 0 bridgehead atoms. The number of nitrogens with one attached hydrogen (secondary N) is 3. The standard InChI is InChI=1S/C18H31N3O12.Na/c1-18(2,3)33-17(29)21-7-6-20-16(28)32-13-12(25)11(24)9(31-14(13)26)8-30-15(27)19-5-4-10(22)23;/h9,11-14,24-26H,4-8H2,1-3H3,(H,19,27)(H,20,28)(H,21,29)(H,22,23);/q;+1/p-1/t9-,11-,12+,13-,14-;/m1./s1. The summed E-state index contributed by atoms with van der Waals surface area (Å²) in [6.45, 7) is 4.15. The van der Waals surface area contributed by atoms with Gasteiger partial charge in [-0.15, -0.1) is 0 Å². The Labute approximate surface area is 217 Å². The topological polar surface area (TPSA) is 225 Å². The largest absolute Gasteiger partial charge is 1.00 e. The monoisotopic (exact) mass is 503 g/mol. The van der Waals surface area contributed by atoms with E-state index in [1.165, 1.54) is 0 Å². The summed E-state index contributed by atoms with van der Waals surface area (Å²) in [6.07, 6.45) is -11.6. The van der Waals surface area contributed by atoms with Gasteiger partial charge in [-0.3, -0.25) is 0 Å². The van der Waals surface area contributed by atoms with E-state index >= 15 is 0 Å². The van der Waals surface area contributed by atoms with Crippen molar-refractivity contribution in [2.45, 2.75) is 63.5 Å². The van der Waals surface area contributed by atoms with E-state index in [0.717, 1.165) is 0 Å². The Kier molecular flexibility index (Phi) is 14.3. The fourth-order valence-electron chi connectivity index (χ4n) is 2.47. The third-order valence-corrected chi connectivity index (χ3v) is 3.95. The smallest absolute Gasteiger partial charge is 0.550 e. The Morgan fingerprint density at radius 2 is 1.47 bits per heavy atom. The van der Waals surface area contributed by atoms with Gasteiger partial charge in [-0.1, -0.05) is 0 Å². The number of rotatable bonds is 9. The second kappa shape index (κ2) is 15.2. The maximum Gasteiger partial charge on any atom is 1.00 e. The van der Waals surface area contributed by atoms with Crippen molar-refractivity contribution < 1.29 is 88.1 Å². The molecule has 1 rings (SSSR count). The maximum absolute atomic E-state index is 11.9. The summed E-state index contributed by atoms with van der Waals surface area (Å²) >= 11 is 0. The molecule has 34 heavy (non-hydrogen) atoms. The van der Waals surface area contributed by atoms with Gasteiger partial charge in [0.1, 0.15) is 30.5 Å². The summed E-state index contributed by atoms with van der Waals surface area (Å²) in [6, 6.07) is 0. The molecule has 0 aromatic carbocycles. The molecule has 6 N–H and O–H groups in total. The molecule has 16 heteroatoms. The van der Waals surface area contributed by atoms with Crippen LogP contribution in [0.25, 0.3) is 0 Å². The van der Waals surface area contributed by atoms with Gasteiger partial charge in [0.05, 0.1) is 0 Å². The number of hydrogen-bond acceptors (Lipinski definition) is 12. The maximum atomic E-state index is 11.9. The molecule has 1 saturated heterocycles. The Morgan fingerprint density at radius 3 is 2.03 bits per heavy atom. The van der Waals surface area contributed by atoms with E-state index in [2.05, 4.69) is 16.0 Å². The van der Waals surface area contributed by atoms with Crippen molar-refractivity contribution in [3.63, 3.8) is 0 Å². The van der Waals surface area contributed by atoms with Gasteiger partial charge in [0.2, 0.25) is 0 Å². The van der Waals surface area contributed by atoms with Gasteiger partial charge in [-0.2, -0.15) is 0 Å². The molecule has 190 valence electrons. The third kappa shape index (κ3) is 12.5. The minimum atomic E-state index is -1.86. The van der Waals surface area contributed by atoms with Crippen LogP contribution in [0.5, 0.6) is 0 Å². The Morgan fingerprint density at radius 1 is 0.912 bits per heavy atom. The molecule has 5 atom stereocenters. The van der Waals surface area contributed by atoms with Crippen LogP contribution in [-0.4, -0.2) is 102 Å². The zero-order valence-electron chi connectivity index (χ0n) is 19.4. The van der Waals surface area contributed by atoms with E-state index in [1.807, 2.05) is 0 Å². The number of aliphatic carboxylic acids is 1. The third-order valence-electron chi connectivity index (χ3n) is 3.95. The van der Waals surface area contributed by atoms with Crippen LogP contribution in [0.3, 0.4) is 0 Å². The molecule has 1 aliphatic heterocycles. The van der Waals surface area contributed by atoms with E-state index in [1.54, 1.807) is 20.8 Å². The predicted octanol–water partition coefficient (Wildman–Crippen LogP) is -6.08. The Bertz CT molecular complexity index is 690. The molecule has 1 fully saturated rings. The number of hydrogen-bond donors (Lipinski definition) is 6. The number of alkyl carbamates (subject to hydrolysis) is 3. The SMILES string of the molecule is CC(C)(C)OC(=O)NCCNC(=O)O[C@@H]1[C@@H](O)[C@H](O)[C@@H](COC(=O)NCCC(=O)[O-])O[C@H]1O.[Na+]. The number of aliphatic hydroxyl groups excluding tert-OH is 3. The van der Waals surface area contributed by atoms with Gasteiger partial charge in [0, 0.05) is 32.0 Å². The molecule has 0 aliphatic carbocycles. The first-order chi connectivity index (χ1) is 15.3. The minimum Gasteiger partial charge on any atom is -0.550 e. The van der Waals surface area contributed by atoms with Crippen molar-refractivity contribution in [3.8, 4) is 0 Å². The molecule has 0 aromatic rings. The predicted molar refractivity (Wildman–Crippen MR) is 104 cm³/mol. The van der Waals surface area contributed by atoms with Gasteiger partial charge in [0.15, 0.2) is 12.4 Å². The molecule has 15 nitrogen and oxygen atoms in total. The van der Waals surface area contributed by atoms with Crippen LogP contribution in [-0.2, 0) is 23.7 Å². The second-order valence-corrected chi connectivity index (χ2v) is 7.92. The molecule has 3 amide bonds. The number of carbonyl (C=O) groups excluding carboxylic acids is 4.